The lowest BCUT2D eigenvalue weighted by molar-refractivity contribution is -0.0286. The van der Waals surface area contributed by atoms with Gasteiger partial charge >= 0.3 is 0 Å². The summed E-state index contributed by atoms with van der Waals surface area (Å²) in [5.41, 5.74) is 6.47. The van der Waals surface area contributed by atoms with E-state index in [1.807, 2.05) is 0 Å². The van der Waals surface area contributed by atoms with Gasteiger partial charge in [0.05, 0.1) is 12.3 Å². The molecular weight excluding hydrogens is 196 g/mol. The first-order chi connectivity index (χ1) is 6.10. The van der Waals surface area contributed by atoms with Crippen LogP contribution in [0.2, 0.25) is 0 Å². The number of nitrogens with zero attached hydrogens (tertiary/aromatic N) is 3. The maximum absolute atomic E-state index is 11.2. The van der Waals surface area contributed by atoms with Crippen molar-refractivity contribution < 1.29 is 13.3 Å². The van der Waals surface area contributed by atoms with Crippen molar-refractivity contribution in [2.75, 3.05) is 18.9 Å². The Morgan fingerprint density at radius 2 is 2.46 bits per heavy atom. The Morgan fingerprint density at radius 1 is 1.77 bits per heavy atom. The van der Waals surface area contributed by atoms with Crippen LogP contribution < -0.4 is 4.91 Å². The minimum atomic E-state index is -3.30. The minimum Gasteiger partial charge on any atom is -0.282 e. The van der Waals surface area contributed by atoms with E-state index in [1.165, 1.54) is 6.92 Å². The maximum atomic E-state index is 11.2. The lowest BCUT2D eigenvalue weighted by atomic mass is 10.4. The van der Waals surface area contributed by atoms with Gasteiger partial charge in [-0.3, -0.25) is 4.84 Å². The van der Waals surface area contributed by atoms with E-state index >= 15 is 0 Å². The van der Waals surface area contributed by atoms with E-state index in [4.69, 9.17) is 10.4 Å². The second-order valence-electron chi connectivity index (χ2n) is 2.55. The number of hydrogen-bond donors (Lipinski definition) is 1. The molecule has 8 heteroatoms. The average Bonchev–Trinajstić information content (AvgIpc) is 2.54. The number of hydrogen-bond acceptors (Lipinski definition) is 5. The van der Waals surface area contributed by atoms with Crippen LogP contribution >= 0.6 is 0 Å². The smallest absolute Gasteiger partial charge is 0.235 e. The molecule has 0 saturated carbocycles. The third-order valence-electron chi connectivity index (χ3n) is 1.67. The Kier molecular flexibility index (Phi) is 3.10. The monoisotopic (exact) mass is 207 g/mol. The second-order valence-corrected chi connectivity index (χ2v) is 4.70. The number of hydroxylamine groups is 1. The van der Waals surface area contributed by atoms with Crippen molar-refractivity contribution in [1.82, 2.24) is 9.38 Å². The van der Waals surface area contributed by atoms with Crippen molar-refractivity contribution in [1.29, 1.82) is 5.53 Å². The zero-order chi connectivity index (χ0) is 9.90. The SMILES string of the molecule is CCS(=O)(=O)N1C[C@@H](N=[N+]=N)CO1. The van der Waals surface area contributed by atoms with Crippen LogP contribution in [0.5, 0.6) is 0 Å². The van der Waals surface area contributed by atoms with E-state index in [9.17, 15) is 8.42 Å². The Bertz CT molecular complexity index is 321. The van der Waals surface area contributed by atoms with Crippen molar-refractivity contribution in [2.24, 2.45) is 5.11 Å². The third kappa shape index (κ3) is 2.31. The quantitative estimate of drug-likeness (QED) is 0.499. The summed E-state index contributed by atoms with van der Waals surface area (Å²) in [5.74, 6) is -0.00224. The summed E-state index contributed by atoms with van der Waals surface area (Å²) < 4.78 is 23.4. The van der Waals surface area contributed by atoms with Crippen LogP contribution in [-0.2, 0) is 14.9 Å². The van der Waals surface area contributed by atoms with E-state index in [1.54, 1.807) is 0 Å². The summed E-state index contributed by atoms with van der Waals surface area (Å²) in [6.45, 7) is 1.86. The molecular formula is C5H11N4O3S+. The number of sulfonamides is 1. The molecule has 13 heavy (non-hydrogen) atoms. The maximum Gasteiger partial charge on any atom is 0.235 e. The fourth-order valence-corrected chi connectivity index (χ4v) is 1.84. The van der Waals surface area contributed by atoms with Gasteiger partial charge in [-0.1, -0.05) is 4.47 Å². The fraction of sp³-hybridized carbons (Fsp3) is 1.00. The normalized spacial score (nSPS) is 24.2. The van der Waals surface area contributed by atoms with E-state index < -0.39 is 10.0 Å². The molecule has 1 aliphatic rings. The molecule has 7 nitrogen and oxygen atoms in total. The summed E-state index contributed by atoms with van der Waals surface area (Å²) >= 11 is 0. The molecule has 0 aromatic heterocycles. The van der Waals surface area contributed by atoms with E-state index in [0.29, 0.717) is 0 Å². The van der Waals surface area contributed by atoms with Gasteiger partial charge in [0, 0.05) is 0 Å². The van der Waals surface area contributed by atoms with Crippen molar-refractivity contribution in [3.05, 3.63) is 0 Å². The van der Waals surface area contributed by atoms with Crippen molar-refractivity contribution in [3.63, 3.8) is 0 Å². The molecule has 1 rings (SSSR count). The highest BCUT2D eigenvalue weighted by atomic mass is 32.2. The van der Waals surface area contributed by atoms with Crippen molar-refractivity contribution >= 4 is 10.0 Å². The molecule has 0 amide bonds. The van der Waals surface area contributed by atoms with E-state index in [-0.39, 0.29) is 24.9 Å². The highest BCUT2D eigenvalue weighted by Crippen LogP contribution is 2.13. The molecule has 0 unspecified atom stereocenters. The minimum absolute atomic E-state index is 0.00224. The lowest BCUT2D eigenvalue weighted by Gasteiger charge is -2.11. The summed E-state index contributed by atoms with van der Waals surface area (Å²) in [7, 11) is -3.30. The van der Waals surface area contributed by atoms with Gasteiger partial charge in [-0.15, -0.1) is 0 Å². The molecule has 0 radical (unpaired) electrons. The Morgan fingerprint density at radius 3 is 3.00 bits per heavy atom. The Hall–Kier alpha value is -0.820. The molecule has 0 aromatic carbocycles. The van der Waals surface area contributed by atoms with Gasteiger partial charge in [0.2, 0.25) is 14.9 Å². The Balaban J connectivity index is 2.65. The van der Waals surface area contributed by atoms with Gasteiger partial charge in [-0.05, 0) is 6.92 Å². The number of rotatable bonds is 3. The molecule has 0 aliphatic carbocycles. The highest BCUT2D eigenvalue weighted by molar-refractivity contribution is 7.88. The van der Waals surface area contributed by atoms with Crippen LogP contribution in [0.25, 0.3) is 0 Å². The molecule has 1 saturated heterocycles. The molecule has 0 spiro atoms. The third-order valence-corrected chi connectivity index (χ3v) is 3.27. The van der Waals surface area contributed by atoms with Crippen LogP contribution in [0.3, 0.4) is 0 Å². The van der Waals surface area contributed by atoms with Crippen LogP contribution in [-0.4, -0.2) is 37.8 Å². The topological polar surface area (TPSA) is 96.9 Å². The zero-order valence-corrected chi connectivity index (χ0v) is 7.99. The van der Waals surface area contributed by atoms with Crippen LogP contribution in [0.15, 0.2) is 5.11 Å². The summed E-state index contributed by atoms with van der Waals surface area (Å²) in [5, 5.41) is 3.48. The molecule has 74 valence electrons. The van der Waals surface area contributed by atoms with Crippen LogP contribution in [0, 0.1) is 5.53 Å². The van der Waals surface area contributed by atoms with Crippen molar-refractivity contribution in [3.8, 4) is 0 Å². The second kappa shape index (κ2) is 3.93. The predicted octanol–water partition coefficient (Wildman–Crippen LogP) is -0.498. The largest absolute Gasteiger partial charge is 0.282 e. The Labute approximate surface area is 75.9 Å². The van der Waals surface area contributed by atoms with Gasteiger partial charge in [-0.2, -0.15) is 0 Å². The highest BCUT2D eigenvalue weighted by Gasteiger charge is 2.34. The first kappa shape index (κ1) is 10.3. The fourth-order valence-electron chi connectivity index (χ4n) is 0.936. The molecule has 1 aliphatic heterocycles. The first-order valence-electron chi connectivity index (χ1n) is 3.80. The number of nitrogens with one attached hydrogen (secondary N) is 1. The standard InChI is InChI=1S/C5H11N4O3S/c1-2-13(10,11)9-3-5(4-12-9)7-8-6/h5-6H,2-4H2,1H3/q+1/t5-/m1/s1. The zero-order valence-electron chi connectivity index (χ0n) is 7.17. The van der Waals surface area contributed by atoms with Gasteiger partial charge in [0.25, 0.3) is 0 Å². The van der Waals surface area contributed by atoms with Gasteiger partial charge in [-0.25, -0.2) is 8.42 Å². The summed E-state index contributed by atoms with van der Waals surface area (Å²) in [4.78, 5) is 7.72. The van der Waals surface area contributed by atoms with Gasteiger partial charge in [0.1, 0.15) is 17.3 Å². The molecule has 0 aromatic rings. The first-order valence-corrected chi connectivity index (χ1v) is 5.41. The summed E-state index contributed by atoms with van der Waals surface area (Å²) in [6, 6.07) is -0.348. The summed E-state index contributed by atoms with van der Waals surface area (Å²) in [6.07, 6.45) is 0. The van der Waals surface area contributed by atoms with E-state index in [0.717, 1.165) is 4.47 Å². The molecule has 1 N–H and O–H groups in total. The molecule has 0 bridgehead atoms. The molecule has 1 atom stereocenters. The predicted molar refractivity (Wildman–Crippen MR) is 43.2 cm³/mol. The van der Waals surface area contributed by atoms with Crippen molar-refractivity contribution in [2.45, 2.75) is 13.0 Å². The lowest BCUT2D eigenvalue weighted by Crippen LogP contribution is -2.29. The van der Waals surface area contributed by atoms with Crippen LogP contribution in [0.1, 0.15) is 6.92 Å². The molecule has 1 heterocycles. The van der Waals surface area contributed by atoms with Gasteiger partial charge in [0.15, 0.2) is 6.04 Å². The van der Waals surface area contributed by atoms with Crippen LogP contribution in [0.4, 0.5) is 0 Å². The van der Waals surface area contributed by atoms with E-state index in [2.05, 4.69) is 10.0 Å². The van der Waals surface area contributed by atoms with Gasteiger partial charge < -0.3 is 0 Å². The average molecular weight is 207 g/mol. The molecule has 1 fully saturated rings.